The van der Waals surface area contributed by atoms with E-state index in [-0.39, 0.29) is 5.41 Å². The summed E-state index contributed by atoms with van der Waals surface area (Å²) in [5.41, 5.74) is 17.1. The van der Waals surface area contributed by atoms with Crippen molar-refractivity contribution in [3.8, 4) is 22.3 Å². The molecule has 0 amide bonds. The van der Waals surface area contributed by atoms with Gasteiger partial charge in [-0.15, -0.1) is 0 Å². The van der Waals surface area contributed by atoms with Crippen LogP contribution in [0.5, 0.6) is 0 Å². The Bertz CT molecular complexity index is 1600. The average molecular weight is 509 g/mol. The predicted molar refractivity (Wildman–Crippen MR) is 169 cm³/mol. The van der Waals surface area contributed by atoms with E-state index in [2.05, 4.69) is 146 Å². The second-order valence-electron chi connectivity index (χ2n) is 12.9. The molecule has 0 heteroatoms. The van der Waals surface area contributed by atoms with Crippen LogP contribution in [0.25, 0.3) is 34.4 Å². The van der Waals surface area contributed by atoms with Gasteiger partial charge in [0.1, 0.15) is 0 Å². The highest BCUT2D eigenvalue weighted by atomic mass is 14.4. The van der Waals surface area contributed by atoms with Crippen LogP contribution in [-0.4, -0.2) is 0 Å². The van der Waals surface area contributed by atoms with E-state index in [4.69, 9.17) is 0 Å². The van der Waals surface area contributed by atoms with Gasteiger partial charge in [-0.25, -0.2) is 0 Å². The van der Waals surface area contributed by atoms with Crippen LogP contribution in [0.4, 0.5) is 0 Å². The fourth-order valence-corrected chi connectivity index (χ4v) is 6.87. The maximum absolute atomic E-state index is 2.53. The molecule has 0 fully saturated rings. The maximum atomic E-state index is 2.53. The number of hydrogen-bond donors (Lipinski definition) is 0. The number of fused-ring (bicyclic) bond motifs is 2. The number of allylic oxidation sites excluding steroid dienone is 2. The van der Waals surface area contributed by atoms with E-state index in [1.54, 1.807) is 5.57 Å². The summed E-state index contributed by atoms with van der Waals surface area (Å²) in [4.78, 5) is 0. The van der Waals surface area contributed by atoms with E-state index >= 15 is 0 Å². The first-order valence-corrected chi connectivity index (χ1v) is 14.5. The zero-order valence-corrected chi connectivity index (χ0v) is 24.5. The quantitative estimate of drug-likeness (QED) is 0.257. The summed E-state index contributed by atoms with van der Waals surface area (Å²) < 4.78 is 0. The van der Waals surface area contributed by atoms with E-state index in [9.17, 15) is 0 Å². The van der Waals surface area contributed by atoms with Gasteiger partial charge in [-0.1, -0.05) is 143 Å². The summed E-state index contributed by atoms with van der Waals surface area (Å²) in [7, 11) is 0. The largest absolute Gasteiger partial charge is 0.0642 e. The lowest BCUT2D eigenvalue weighted by molar-refractivity contribution is 0.590. The van der Waals surface area contributed by atoms with Crippen molar-refractivity contribution in [3.05, 3.63) is 129 Å². The first-order valence-electron chi connectivity index (χ1n) is 14.5. The standard InChI is InChI=1S/C39H40/c1-24(2)33-23-35-30(28-17-19-29(20-18-28)39(5,6)7)14-11-15-32(35)38(33)36-26(4)22-34-25(3)16-21-31(37(34)36)27-12-9-8-10-13-27/h8-24,36,38H,1-7H3. The molecule has 0 saturated heterocycles. The van der Waals surface area contributed by atoms with Crippen molar-refractivity contribution in [2.24, 2.45) is 5.92 Å². The van der Waals surface area contributed by atoms with E-state index in [0.29, 0.717) is 17.8 Å². The van der Waals surface area contributed by atoms with Crippen LogP contribution in [-0.2, 0) is 5.41 Å². The molecule has 39 heavy (non-hydrogen) atoms. The smallest absolute Gasteiger partial charge is 0.0167 e. The number of hydrogen-bond acceptors (Lipinski definition) is 0. The van der Waals surface area contributed by atoms with Gasteiger partial charge in [-0.05, 0) is 80.8 Å². The monoisotopic (exact) mass is 508 g/mol. The lowest BCUT2D eigenvalue weighted by atomic mass is 9.73. The minimum atomic E-state index is 0.154. The lowest BCUT2D eigenvalue weighted by Gasteiger charge is -2.30. The normalized spacial score (nSPS) is 18.2. The molecule has 4 aromatic carbocycles. The second-order valence-corrected chi connectivity index (χ2v) is 12.9. The van der Waals surface area contributed by atoms with Crippen LogP contribution in [0, 0.1) is 12.8 Å². The highest BCUT2D eigenvalue weighted by Crippen LogP contribution is 2.57. The zero-order valence-electron chi connectivity index (χ0n) is 24.5. The van der Waals surface area contributed by atoms with Crippen LogP contribution >= 0.6 is 0 Å². The summed E-state index contributed by atoms with van der Waals surface area (Å²) in [6.45, 7) is 16.2. The van der Waals surface area contributed by atoms with Gasteiger partial charge in [0.2, 0.25) is 0 Å². The molecule has 0 spiro atoms. The van der Waals surface area contributed by atoms with Crippen molar-refractivity contribution in [2.75, 3.05) is 0 Å². The average Bonchev–Trinajstić information content (AvgIpc) is 3.47. The van der Waals surface area contributed by atoms with Gasteiger partial charge >= 0.3 is 0 Å². The predicted octanol–water partition coefficient (Wildman–Crippen LogP) is 11.0. The first-order chi connectivity index (χ1) is 18.6. The Hall–Kier alpha value is -3.64. The first kappa shape index (κ1) is 25.6. The van der Waals surface area contributed by atoms with E-state index in [1.165, 1.54) is 61.2 Å². The molecule has 0 bridgehead atoms. The Kier molecular flexibility index (Phi) is 6.26. The van der Waals surface area contributed by atoms with Crippen molar-refractivity contribution in [1.82, 2.24) is 0 Å². The van der Waals surface area contributed by atoms with Gasteiger partial charge in [0.05, 0.1) is 0 Å². The molecular weight excluding hydrogens is 468 g/mol. The summed E-state index contributed by atoms with van der Waals surface area (Å²) in [5, 5.41) is 0. The topological polar surface area (TPSA) is 0 Å². The molecule has 2 aliphatic rings. The summed E-state index contributed by atoms with van der Waals surface area (Å²) in [5.74, 6) is 1.15. The fraction of sp³-hybridized carbons (Fsp3) is 0.282. The third-order valence-electron chi connectivity index (χ3n) is 8.97. The van der Waals surface area contributed by atoms with Crippen molar-refractivity contribution < 1.29 is 0 Å². The Morgan fingerprint density at radius 1 is 0.615 bits per heavy atom. The van der Waals surface area contributed by atoms with Gasteiger partial charge in [-0.2, -0.15) is 0 Å². The Labute approximate surface area is 235 Å². The molecule has 0 aliphatic heterocycles. The summed E-state index contributed by atoms with van der Waals surface area (Å²) >= 11 is 0. The molecule has 0 N–H and O–H groups in total. The summed E-state index contributed by atoms with van der Waals surface area (Å²) in [6.07, 6.45) is 4.99. The van der Waals surface area contributed by atoms with E-state index < -0.39 is 0 Å². The van der Waals surface area contributed by atoms with Crippen molar-refractivity contribution in [2.45, 2.75) is 65.7 Å². The highest BCUT2D eigenvalue weighted by molar-refractivity contribution is 5.86. The third kappa shape index (κ3) is 4.31. The van der Waals surface area contributed by atoms with Crippen LogP contribution < -0.4 is 0 Å². The van der Waals surface area contributed by atoms with Crippen LogP contribution in [0.1, 0.15) is 86.8 Å². The molecule has 0 radical (unpaired) electrons. The minimum absolute atomic E-state index is 0.154. The van der Waals surface area contributed by atoms with Gasteiger partial charge < -0.3 is 0 Å². The molecule has 2 atom stereocenters. The third-order valence-corrected chi connectivity index (χ3v) is 8.97. The Balaban J connectivity index is 1.52. The van der Waals surface area contributed by atoms with E-state index in [1.807, 2.05) is 0 Å². The molecule has 0 heterocycles. The van der Waals surface area contributed by atoms with Crippen molar-refractivity contribution in [3.63, 3.8) is 0 Å². The number of rotatable bonds is 4. The molecule has 6 rings (SSSR count). The van der Waals surface area contributed by atoms with E-state index in [0.717, 1.165) is 0 Å². The zero-order chi connectivity index (χ0) is 27.5. The van der Waals surface area contributed by atoms with Gasteiger partial charge in [-0.3, -0.25) is 0 Å². The van der Waals surface area contributed by atoms with Crippen LogP contribution in [0.15, 0.2) is 96.1 Å². The molecule has 0 saturated carbocycles. The number of benzene rings is 4. The molecule has 0 nitrogen and oxygen atoms in total. The van der Waals surface area contributed by atoms with Gasteiger partial charge in [0.25, 0.3) is 0 Å². The summed E-state index contributed by atoms with van der Waals surface area (Å²) in [6, 6.07) is 31.8. The maximum Gasteiger partial charge on any atom is 0.0167 e. The number of aryl methyl sites for hydroxylation is 1. The SMILES string of the molecule is CC1=Cc2c(C)ccc(-c3ccccc3)c2C1C1C(C(C)C)=Cc2c(-c3ccc(C(C)(C)C)cc3)cccc21. The molecule has 4 aromatic rings. The van der Waals surface area contributed by atoms with Gasteiger partial charge in [0, 0.05) is 11.8 Å². The Morgan fingerprint density at radius 2 is 1.31 bits per heavy atom. The van der Waals surface area contributed by atoms with Crippen LogP contribution in [0.3, 0.4) is 0 Å². The molecular formula is C39H40. The fourth-order valence-electron chi connectivity index (χ4n) is 6.87. The highest BCUT2D eigenvalue weighted by Gasteiger charge is 2.40. The minimum Gasteiger partial charge on any atom is -0.0642 e. The lowest BCUT2D eigenvalue weighted by Crippen LogP contribution is -2.15. The molecule has 2 unspecified atom stereocenters. The van der Waals surface area contributed by atoms with Crippen molar-refractivity contribution >= 4 is 12.2 Å². The molecule has 2 aliphatic carbocycles. The Morgan fingerprint density at radius 3 is 1.97 bits per heavy atom. The second kappa shape index (κ2) is 9.53. The van der Waals surface area contributed by atoms with Gasteiger partial charge in [0.15, 0.2) is 0 Å². The molecule has 0 aromatic heterocycles. The van der Waals surface area contributed by atoms with Crippen LogP contribution in [0.2, 0.25) is 0 Å². The molecule has 196 valence electrons. The van der Waals surface area contributed by atoms with Crippen molar-refractivity contribution in [1.29, 1.82) is 0 Å².